The van der Waals surface area contributed by atoms with Crippen LogP contribution in [0.15, 0.2) is 41.1 Å². The first-order valence-electron chi connectivity index (χ1n) is 5.89. The van der Waals surface area contributed by atoms with Crippen molar-refractivity contribution in [2.75, 3.05) is 26.2 Å². The Balaban J connectivity index is 1.78. The van der Waals surface area contributed by atoms with Crippen LogP contribution in [0.4, 0.5) is 4.39 Å². The van der Waals surface area contributed by atoms with E-state index in [0.717, 1.165) is 37.7 Å². The molecule has 1 fully saturated rings. The van der Waals surface area contributed by atoms with Crippen LogP contribution in [0.2, 0.25) is 0 Å². The summed E-state index contributed by atoms with van der Waals surface area (Å²) >= 11 is 0. The van der Waals surface area contributed by atoms with E-state index in [2.05, 4.69) is 20.5 Å². The summed E-state index contributed by atoms with van der Waals surface area (Å²) in [6.07, 6.45) is 6.62. The number of rotatable bonds is 1. The molecule has 90 valence electrons. The van der Waals surface area contributed by atoms with Crippen molar-refractivity contribution in [3.05, 3.63) is 36.1 Å². The van der Waals surface area contributed by atoms with Crippen molar-refractivity contribution in [2.45, 2.75) is 6.04 Å². The fourth-order valence-electron chi connectivity index (χ4n) is 2.19. The van der Waals surface area contributed by atoms with Gasteiger partial charge in [0.1, 0.15) is 11.6 Å². The Morgan fingerprint density at radius 3 is 2.94 bits per heavy atom. The van der Waals surface area contributed by atoms with E-state index in [1.807, 2.05) is 6.20 Å². The molecule has 2 heterocycles. The SMILES string of the molecule is FC1=CC2NC=C(N3CCNCC3)N=C2C=C1. The van der Waals surface area contributed by atoms with Crippen LogP contribution in [-0.4, -0.2) is 42.8 Å². The van der Waals surface area contributed by atoms with Crippen LogP contribution in [0.1, 0.15) is 0 Å². The smallest absolute Gasteiger partial charge is 0.144 e. The van der Waals surface area contributed by atoms with Crippen molar-refractivity contribution in [1.82, 2.24) is 15.5 Å². The molecular weight excluding hydrogens is 219 g/mol. The van der Waals surface area contributed by atoms with Crippen LogP contribution >= 0.6 is 0 Å². The lowest BCUT2D eigenvalue weighted by molar-refractivity contribution is 0.294. The normalized spacial score (nSPS) is 27.7. The second kappa shape index (κ2) is 4.33. The van der Waals surface area contributed by atoms with E-state index in [9.17, 15) is 4.39 Å². The molecule has 1 aliphatic carbocycles. The molecule has 1 unspecified atom stereocenters. The minimum Gasteiger partial charge on any atom is -0.376 e. The minimum atomic E-state index is -0.208. The van der Waals surface area contributed by atoms with Crippen molar-refractivity contribution in [3.8, 4) is 0 Å². The lowest BCUT2D eigenvalue weighted by atomic mass is 10.1. The number of aliphatic imine (C=N–C) groups is 1. The van der Waals surface area contributed by atoms with Crippen molar-refractivity contribution < 1.29 is 4.39 Å². The summed E-state index contributed by atoms with van der Waals surface area (Å²) in [5.74, 6) is 0.735. The van der Waals surface area contributed by atoms with Crippen LogP contribution < -0.4 is 10.6 Å². The van der Waals surface area contributed by atoms with E-state index in [0.29, 0.717) is 0 Å². The maximum atomic E-state index is 13.0. The second-order valence-electron chi connectivity index (χ2n) is 4.31. The predicted molar refractivity (Wildman–Crippen MR) is 65.2 cm³/mol. The fourth-order valence-corrected chi connectivity index (χ4v) is 2.19. The lowest BCUT2D eigenvalue weighted by Crippen LogP contribution is -2.45. The van der Waals surface area contributed by atoms with Gasteiger partial charge in [0.2, 0.25) is 0 Å². The van der Waals surface area contributed by atoms with Crippen molar-refractivity contribution in [2.24, 2.45) is 4.99 Å². The molecule has 3 aliphatic rings. The lowest BCUT2D eigenvalue weighted by Gasteiger charge is -2.32. The summed E-state index contributed by atoms with van der Waals surface area (Å²) in [5, 5.41) is 6.48. The van der Waals surface area contributed by atoms with Crippen molar-refractivity contribution >= 4 is 5.71 Å². The van der Waals surface area contributed by atoms with Gasteiger partial charge in [0.25, 0.3) is 0 Å². The molecule has 0 amide bonds. The third-order valence-electron chi connectivity index (χ3n) is 3.13. The molecule has 0 aromatic carbocycles. The van der Waals surface area contributed by atoms with Gasteiger partial charge in [-0.25, -0.2) is 9.38 Å². The van der Waals surface area contributed by atoms with Crippen molar-refractivity contribution in [1.29, 1.82) is 0 Å². The molecule has 2 aliphatic heterocycles. The Labute approximate surface area is 99.6 Å². The fraction of sp³-hybridized carbons (Fsp3) is 0.417. The number of hydrogen-bond acceptors (Lipinski definition) is 4. The van der Waals surface area contributed by atoms with Gasteiger partial charge in [-0.05, 0) is 18.2 Å². The number of hydrogen-bond donors (Lipinski definition) is 2. The van der Waals surface area contributed by atoms with Crippen molar-refractivity contribution in [3.63, 3.8) is 0 Å². The maximum Gasteiger partial charge on any atom is 0.144 e. The number of fused-ring (bicyclic) bond motifs is 1. The third-order valence-corrected chi connectivity index (χ3v) is 3.13. The molecule has 3 rings (SSSR count). The molecule has 4 nitrogen and oxygen atoms in total. The number of halogens is 1. The topological polar surface area (TPSA) is 39.7 Å². The Bertz CT molecular complexity index is 430. The molecule has 0 bridgehead atoms. The van der Waals surface area contributed by atoms with E-state index in [1.54, 1.807) is 12.2 Å². The number of nitrogens with one attached hydrogen (secondary N) is 2. The van der Waals surface area contributed by atoms with Crippen LogP contribution in [0.3, 0.4) is 0 Å². The second-order valence-corrected chi connectivity index (χ2v) is 4.31. The van der Waals surface area contributed by atoms with E-state index >= 15 is 0 Å². The van der Waals surface area contributed by atoms with E-state index < -0.39 is 0 Å². The van der Waals surface area contributed by atoms with E-state index in [1.165, 1.54) is 6.08 Å². The molecule has 2 N–H and O–H groups in total. The summed E-state index contributed by atoms with van der Waals surface area (Å²) in [5.41, 5.74) is 0.877. The zero-order valence-electron chi connectivity index (χ0n) is 9.49. The van der Waals surface area contributed by atoms with E-state index in [4.69, 9.17) is 0 Å². The molecular formula is C12H15FN4. The average Bonchev–Trinajstić information content (AvgIpc) is 2.39. The first kappa shape index (κ1) is 10.5. The average molecular weight is 234 g/mol. The van der Waals surface area contributed by atoms with Crippen LogP contribution in [0, 0.1) is 0 Å². The van der Waals surface area contributed by atoms with Crippen LogP contribution in [0.25, 0.3) is 0 Å². The Hall–Kier alpha value is -1.62. The summed E-state index contributed by atoms with van der Waals surface area (Å²) in [4.78, 5) is 6.81. The maximum absolute atomic E-state index is 13.0. The van der Waals surface area contributed by atoms with Gasteiger partial charge >= 0.3 is 0 Å². The molecule has 0 radical (unpaired) electrons. The molecule has 0 aromatic heterocycles. The summed E-state index contributed by atoms with van der Waals surface area (Å²) < 4.78 is 13.0. The van der Waals surface area contributed by atoms with Crippen LogP contribution in [-0.2, 0) is 0 Å². The van der Waals surface area contributed by atoms with Gasteiger partial charge in [-0.2, -0.15) is 0 Å². The third kappa shape index (κ3) is 2.10. The first-order valence-corrected chi connectivity index (χ1v) is 5.89. The van der Waals surface area contributed by atoms with Gasteiger partial charge in [-0.1, -0.05) is 0 Å². The quantitative estimate of drug-likeness (QED) is 0.695. The van der Waals surface area contributed by atoms with Crippen LogP contribution in [0.5, 0.6) is 0 Å². The highest BCUT2D eigenvalue weighted by Gasteiger charge is 2.22. The summed E-state index contributed by atoms with van der Waals surface area (Å²) in [6.45, 7) is 3.89. The Morgan fingerprint density at radius 1 is 1.29 bits per heavy atom. The minimum absolute atomic E-state index is 0.119. The zero-order chi connectivity index (χ0) is 11.7. The molecule has 1 saturated heterocycles. The van der Waals surface area contributed by atoms with Gasteiger partial charge in [-0.3, -0.25) is 0 Å². The molecule has 1 atom stereocenters. The highest BCUT2D eigenvalue weighted by atomic mass is 19.1. The van der Waals surface area contributed by atoms with Gasteiger partial charge in [0, 0.05) is 32.4 Å². The molecule has 0 spiro atoms. The summed E-state index contributed by atoms with van der Waals surface area (Å²) in [7, 11) is 0. The number of piperazine rings is 1. The highest BCUT2D eigenvalue weighted by Crippen LogP contribution is 2.17. The first-order chi connectivity index (χ1) is 8.33. The standard InChI is InChI=1S/C12H15FN4/c13-9-1-2-10-11(7-9)15-8-12(16-10)17-5-3-14-4-6-17/h1-2,7-8,11,14-15H,3-6H2. The highest BCUT2D eigenvalue weighted by molar-refractivity contribution is 6.03. The Morgan fingerprint density at radius 2 is 2.12 bits per heavy atom. The number of allylic oxidation sites excluding steroid dienone is 2. The van der Waals surface area contributed by atoms with Gasteiger partial charge in [0.05, 0.1) is 11.8 Å². The molecule has 0 aromatic rings. The Kier molecular flexibility index (Phi) is 2.68. The van der Waals surface area contributed by atoms with E-state index in [-0.39, 0.29) is 11.9 Å². The number of nitrogens with zero attached hydrogens (tertiary/aromatic N) is 2. The molecule has 5 heteroatoms. The molecule has 17 heavy (non-hydrogen) atoms. The zero-order valence-corrected chi connectivity index (χ0v) is 9.49. The largest absolute Gasteiger partial charge is 0.376 e. The molecule has 0 saturated carbocycles. The predicted octanol–water partition coefficient (Wildman–Crippen LogP) is 0.526. The monoisotopic (exact) mass is 234 g/mol. The van der Waals surface area contributed by atoms with Gasteiger partial charge in [-0.15, -0.1) is 0 Å². The summed E-state index contributed by atoms with van der Waals surface area (Å²) in [6, 6.07) is -0.119. The van der Waals surface area contributed by atoms with Gasteiger partial charge in [0.15, 0.2) is 0 Å². The van der Waals surface area contributed by atoms with Gasteiger partial charge < -0.3 is 15.5 Å².